The largest absolute Gasteiger partial charge is 0.507 e. The van der Waals surface area contributed by atoms with Crippen LogP contribution in [0.25, 0.3) is 5.76 Å². The van der Waals surface area contributed by atoms with Gasteiger partial charge in [0.2, 0.25) is 0 Å². The first kappa shape index (κ1) is 20.5. The number of ether oxygens (including phenoxy) is 1. The molecule has 7 heteroatoms. The Labute approximate surface area is 170 Å². The first-order valence-electron chi connectivity index (χ1n) is 9.51. The van der Waals surface area contributed by atoms with E-state index in [1.165, 1.54) is 4.90 Å². The van der Waals surface area contributed by atoms with Gasteiger partial charge in [0.1, 0.15) is 17.6 Å². The van der Waals surface area contributed by atoms with Crippen LogP contribution >= 0.6 is 0 Å². The highest BCUT2D eigenvalue weighted by Crippen LogP contribution is 2.38. The molecule has 1 amide bonds. The fourth-order valence-corrected chi connectivity index (χ4v) is 3.29. The minimum Gasteiger partial charge on any atom is -0.507 e. The van der Waals surface area contributed by atoms with Crippen LogP contribution in [-0.2, 0) is 9.59 Å². The molecule has 1 atom stereocenters. The number of likely N-dealkylation sites (tertiary alicyclic amines) is 1. The average molecular weight is 395 g/mol. The fourth-order valence-electron chi connectivity index (χ4n) is 3.29. The Morgan fingerprint density at radius 2 is 1.90 bits per heavy atom. The molecule has 3 rings (SSSR count). The first-order chi connectivity index (χ1) is 13.9. The molecule has 2 aromatic rings. The summed E-state index contributed by atoms with van der Waals surface area (Å²) in [7, 11) is 3.79. The molecular weight excluding hydrogens is 370 g/mol. The third-order valence-electron chi connectivity index (χ3n) is 4.73. The monoisotopic (exact) mass is 395 g/mol. The lowest BCUT2D eigenvalue weighted by Gasteiger charge is -2.25. The summed E-state index contributed by atoms with van der Waals surface area (Å²) in [5, 5.41) is 11.0. The molecule has 1 saturated heterocycles. The summed E-state index contributed by atoms with van der Waals surface area (Å²) in [4.78, 5) is 33.4. The molecule has 0 bridgehead atoms. The predicted octanol–water partition coefficient (Wildman–Crippen LogP) is 2.46. The van der Waals surface area contributed by atoms with Crippen molar-refractivity contribution in [1.82, 2.24) is 14.8 Å². The SMILES string of the molecule is CCOc1ccc(/C(O)=C2\C(=O)C(=O)N(CCN(C)C)[C@H]2c2ccccn2)cc1. The van der Waals surface area contributed by atoms with Gasteiger partial charge in [-0.2, -0.15) is 0 Å². The molecule has 2 heterocycles. The van der Waals surface area contributed by atoms with E-state index >= 15 is 0 Å². The van der Waals surface area contributed by atoms with Crippen molar-refractivity contribution in [2.24, 2.45) is 0 Å². The number of rotatable bonds is 7. The summed E-state index contributed by atoms with van der Waals surface area (Å²) in [6.45, 7) is 3.34. The third-order valence-corrected chi connectivity index (χ3v) is 4.73. The topological polar surface area (TPSA) is 83.0 Å². The number of carbonyl (C=O) groups is 2. The molecule has 152 valence electrons. The van der Waals surface area contributed by atoms with E-state index in [2.05, 4.69) is 4.98 Å². The molecule has 1 aromatic heterocycles. The summed E-state index contributed by atoms with van der Waals surface area (Å²) >= 11 is 0. The molecule has 0 spiro atoms. The second kappa shape index (κ2) is 8.87. The van der Waals surface area contributed by atoms with Crippen LogP contribution in [0.3, 0.4) is 0 Å². The zero-order valence-corrected chi connectivity index (χ0v) is 16.8. The quantitative estimate of drug-likeness (QED) is 0.441. The number of aliphatic hydroxyl groups is 1. The van der Waals surface area contributed by atoms with Crippen LogP contribution < -0.4 is 4.74 Å². The van der Waals surface area contributed by atoms with Crippen LogP contribution in [0, 0.1) is 0 Å². The Morgan fingerprint density at radius 1 is 1.17 bits per heavy atom. The highest BCUT2D eigenvalue weighted by atomic mass is 16.5. The molecule has 7 nitrogen and oxygen atoms in total. The maximum atomic E-state index is 12.9. The summed E-state index contributed by atoms with van der Waals surface area (Å²) in [6, 6.07) is 11.4. The molecule has 0 radical (unpaired) electrons. The van der Waals surface area contributed by atoms with E-state index in [9.17, 15) is 14.7 Å². The van der Waals surface area contributed by atoms with Crippen molar-refractivity contribution in [1.29, 1.82) is 0 Å². The normalized spacial score (nSPS) is 18.5. The minimum absolute atomic E-state index is 0.0524. The fraction of sp³-hybridized carbons (Fsp3) is 0.318. The number of hydrogen-bond donors (Lipinski definition) is 1. The van der Waals surface area contributed by atoms with Crippen LogP contribution in [0.4, 0.5) is 0 Å². The van der Waals surface area contributed by atoms with Gasteiger partial charge in [0, 0.05) is 24.8 Å². The number of nitrogens with zero attached hydrogens (tertiary/aromatic N) is 3. The smallest absolute Gasteiger partial charge is 0.295 e. The molecule has 1 fully saturated rings. The Morgan fingerprint density at radius 3 is 2.48 bits per heavy atom. The number of ketones is 1. The second-order valence-corrected chi connectivity index (χ2v) is 7.01. The number of hydrogen-bond acceptors (Lipinski definition) is 6. The second-order valence-electron chi connectivity index (χ2n) is 7.01. The van der Waals surface area contributed by atoms with E-state index in [-0.39, 0.29) is 11.3 Å². The predicted molar refractivity (Wildman–Crippen MR) is 109 cm³/mol. The standard InChI is InChI=1S/C22H25N3O4/c1-4-29-16-10-8-15(9-11-16)20(26)18-19(17-7-5-6-12-23-17)25(14-13-24(2)3)22(28)21(18)27/h5-12,19,26H,4,13-14H2,1-3H3/b20-18+/t19-/m0/s1. The van der Waals surface area contributed by atoms with Gasteiger partial charge in [-0.25, -0.2) is 0 Å². The maximum Gasteiger partial charge on any atom is 0.295 e. The lowest BCUT2D eigenvalue weighted by atomic mass is 9.98. The maximum absolute atomic E-state index is 12.9. The van der Waals surface area contributed by atoms with Crippen molar-refractivity contribution in [3.8, 4) is 5.75 Å². The van der Waals surface area contributed by atoms with Crippen LogP contribution in [0.5, 0.6) is 5.75 Å². The molecule has 1 aromatic carbocycles. The number of benzene rings is 1. The van der Waals surface area contributed by atoms with Crippen molar-refractivity contribution < 1.29 is 19.4 Å². The van der Waals surface area contributed by atoms with Crippen LogP contribution in [0.15, 0.2) is 54.2 Å². The number of pyridine rings is 1. The van der Waals surface area contributed by atoms with Crippen molar-refractivity contribution >= 4 is 17.4 Å². The van der Waals surface area contributed by atoms with Crippen LogP contribution in [0.1, 0.15) is 24.2 Å². The van der Waals surface area contributed by atoms with Crippen molar-refractivity contribution in [3.63, 3.8) is 0 Å². The van der Waals surface area contributed by atoms with E-state index < -0.39 is 17.7 Å². The molecule has 1 aliphatic rings. The molecule has 0 saturated carbocycles. The highest BCUT2D eigenvalue weighted by molar-refractivity contribution is 6.46. The van der Waals surface area contributed by atoms with Crippen molar-refractivity contribution in [2.75, 3.05) is 33.8 Å². The molecule has 0 aliphatic carbocycles. The Bertz CT molecular complexity index is 907. The Hall–Kier alpha value is -3.19. The van der Waals surface area contributed by atoms with Gasteiger partial charge in [0.05, 0.1) is 17.9 Å². The van der Waals surface area contributed by atoms with Gasteiger partial charge in [-0.15, -0.1) is 0 Å². The van der Waals surface area contributed by atoms with E-state index in [0.29, 0.717) is 36.7 Å². The van der Waals surface area contributed by atoms with E-state index in [1.54, 1.807) is 48.7 Å². The summed E-state index contributed by atoms with van der Waals surface area (Å²) in [5.41, 5.74) is 1.04. The van der Waals surface area contributed by atoms with E-state index in [1.807, 2.05) is 25.9 Å². The van der Waals surface area contributed by atoms with Crippen molar-refractivity contribution in [3.05, 3.63) is 65.5 Å². The number of likely N-dealkylation sites (N-methyl/N-ethyl adjacent to an activating group) is 1. The summed E-state index contributed by atoms with van der Waals surface area (Å²) in [6.07, 6.45) is 1.61. The van der Waals surface area contributed by atoms with Gasteiger partial charge in [-0.1, -0.05) is 6.07 Å². The number of aliphatic hydroxyl groups excluding tert-OH is 1. The van der Waals surface area contributed by atoms with Gasteiger partial charge in [0.15, 0.2) is 0 Å². The van der Waals surface area contributed by atoms with Crippen molar-refractivity contribution in [2.45, 2.75) is 13.0 Å². The van der Waals surface area contributed by atoms with E-state index in [0.717, 1.165) is 0 Å². The van der Waals surface area contributed by atoms with Crippen LogP contribution in [-0.4, -0.2) is 65.4 Å². The van der Waals surface area contributed by atoms with Gasteiger partial charge in [-0.05, 0) is 57.4 Å². The summed E-state index contributed by atoms with van der Waals surface area (Å²) < 4.78 is 5.42. The molecule has 0 unspecified atom stereocenters. The van der Waals surface area contributed by atoms with Gasteiger partial charge >= 0.3 is 0 Å². The van der Waals surface area contributed by atoms with Crippen LogP contribution in [0.2, 0.25) is 0 Å². The highest BCUT2D eigenvalue weighted by Gasteiger charge is 2.46. The minimum atomic E-state index is -0.734. The number of Topliss-reactive ketones (excluding diaryl/α,β-unsaturated/α-hetero) is 1. The lowest BCUT2D eigenvalue weighted by Crippen LogP contribution is -2.35. The third kappa shape index (κ3) is 4.30. The molecule has 1 N–H and O–H groups in total. The molecule has 29 heavy (non-hydrogen) atoms. The van der Waals surface area contributed by atoms with Gasteiger partial charge in [-0.3, -0.25) is 14.6 Å². The number of aromatic nitrogens is 1. The molecular formula is C22H25N3O4. The zero-order chi connectivity index (χ0) is 21.0. The van der Waals surface area contributed by atoms with Gasteiger partial charge in [0.25, 0.3) is 11.7 Å². The van der Waals surface area contributed by atoms with E-state index in [4.69, 9.17) is 4.74 Å². The molecule has 1 aliphatic heterocycles. The first-order valence-corrected chi connectivity index (χ1v) is 9.51. The van der Waals surface area contributed by atoms with Gasteiger partial charge < -0.3 is 19.6 Å². The zero-order valence-electron chi connectivity index (χ0n) is 16.8. The Balaban J connectivity index is 2.07. The number of amides is 1. The lowest BCUT2D eigenvalue weighted by molar-refractivity contribution is -0.140. The average Bonchev–Trinajstić information content (AvgIpc) is 2.98. The Kier molecular flexibility index (Phi) is 6.29. The summed E-state index contributed by atoms with van der Waals surface area (Å²) in [5.74, 6) is -0.882. The number of carbonyl (C=O) groups excluding carboxylic acids is 2.